The minimum Gasteiger partial charge on any atom is -0.331 e. The molecular formula is C12H10FN3S2. The van der Waals surface area contributed by atoms with E-state index < -0.39 is 0 Å². The number of H-pyrrole nitrogens is 1. The Morgan fingerprint density at radius 1 is 1.50 bits per heavy atom. The van der Waals surface area contributed by atoms with E-state index in [0.29, 0.717) is 11.3 Å². The van der Waals surface area contributed by atoms with E-state index in [0.717, 1.165) is 21.7 Å². The van der Waals surface area contributed by atoms with Crippen LogP contribution in [0.3, 0.4) is 0 Å². The fourth-order valence-electron chi connectivity index (χ4n) is 1.93. The van der Waals surface area contributed by atoms with Crippen LogP contribution < -0.4 is 0 Å². The van der Waals surface area contributed by atoms with Crippen LogP contribution in [0.5, 0.6) is 0 Å². The van der Waals surface area contributed by atoms with Gasteiger partial charge in [-0.15, -0.1) is 11.3 Å². The van der Waals surface area contributed by atoms with Gasteiger partial charge in [0.25, 0.3) is 0 Å². The molecule has 0 atom stereocenters. The van der Waals surface area contributed by atoms with Gasteiger partial charge in [-0.1, -0.05) is 0 Å². The Morgan fingerprint density at radius 3 is 3.06 bits per heavy atom. The number of aromatic nitrogens is 3. The lowest BCUT2D eigenvalue weighted by Gasteiger charge is -2.01. The van der Waals surface area contributed by atoms with Gasteiger partial charge in [-0.3, -0.25) is 0 Å². The minimum atomic E-state index is -0.264. The lowest BCUT2D eigenvalue weighted by Crippen LogP contribution is -2.00. The molecule has 0 spiro atoms. The SMILES string of the molecule is Cc1nc(Cn2c(=S)[nH]c3ccc(F)cc32)cs1. The Labute approximate surface area is 112 Å². The molecule has 18 heavy (non-hydrogen) atoms. The number of nitrogens with one attached hydrogen (secondary N) is 1. The molecule has 0 unspecified atom stereocenters. The van der Waals surface area contributed by atoms with Crippen molar-refractivity contribution in [2.45, 2.75) is 13.5 Å². The summed E-state index contributed by atoms with van der Waals surface area (Å²) < 4.78 is 15.7. The molecule has 0 bridgehead atoms. The fraction of sp³-hybridized carbons (Fsp3) is 0.167. The summed E-state index contributed by atoms with van der Waals surface area (Å²) in [4.78, 5) is 7.47. The number of hydrogen-bond donors (Lipinski definition) is 1. The Bertz CT molecular complexity index is 769. The van der Waals surface area contributed by atoms with Gasteiger partial charge in [0.2, 0.25) is 0 Å². The van der Waals surface area contributed by atoms with Gasteiger partial charge in [-0.25, -0.2) is 9.37 Å². The molecule has 6 heteroatoms. The van der Waals surface area contributed by atoms with Crippen LogP contribution in [0.15, 0.2) is 23.6 Å². The Kier molecular flexibility index (Phi) is 2.76. The topological polar surface area (TPSA) is 33.6 Å². The minimum absolute atomic E-state index is 0.264. The van der Waals surface area contributed by atoms with Crippen molar-refractivity contribution in [1.82, 2.24) is 14.5 Å². The van der Waals surface area contributed by atoms with E-state index in [-0.39, 0.29) is 5.82 Å². The number of benzene rings is 1. The number of imidazole rings is 1. The molecule has 3 rings (SSSR count). The van der Waals surface area contributed by atoms with E-state index in [2.05, 4.69) is 9.97 Å². The first kappa shape index (κ1) is 11.6. The van der Waals surface area contributed by atoms with E-state index in [1.54, 1.807) is 17.4 Å². The van der Waals surface area contributed by atoms with Crippen molar-refractivity contribution in [1.29, 1.82) is 0 Å². The Hall–Kier alpha value is -1.53. The molecule has 2 heterocycles. The molecule has 2 aromatic heterocycles. The molecule has 92 valence electrons. The number of thiazole rings is 1. The first-order valence-electron chi connectivity index (χ1n) is 5.42. The summed E-state index contributed by atoms with van der Waals surface area (Å²) in [6.07, 6.45) is 0. The van der Waals surface area contributed by atoms with Crippen molar-refractivity contribution in [3.63, 3.8) is 0 Å². The van der Waals surface area contributed by atoms with Gasteiger partial charge in [0.05, 0.1) is 28.3 Å². The quantitative estimate of drug-likeness (QED) is 0.726. The standard InChI is InChI=1S/C12H10FN3S2/c1-7-14-9(6-18-7)5-16-11-4-8(13)2-3-10(11)15-12(16)17/h2-4,6H,5H2,1H3,(H,15,17). The van der Waals surface area contributed by atoms with Crippen LogP contribution in [0.2, 0.25) is 0 Å². The number of aryl methyl sites for hydroxylation is 1. The van der Waals surface area contributed by atoms with Crippen molar-refractivity contribution < 1.29 is 4.39 Å². The van der Waals surface area contributed by atoms with Crippen molar-refractivity contribution in [2.75, 3.05) is 0 Å². The van der Waals surface area contributed by atoms with Crippen molar-refractivity contribution in [3.8, 4) is 0 Å². The van der Waals surface area contributed by atoms with Crippen molar-refractivity contribution in [2.24, 2.45) is 0 Å². The van der Waals surface area contributed by atoms with Gasteiger partial charge in [0.1, 0.15) is 5.82 Å². The highest BCUT2D eigenvalue weighted by atomic mass is 32.1. The molecule has 3 aromatic rings. The van der Waals surface area contributed by atoms with E-state index in [1.807, 2.05) is 16.9 Å². The second kappa shape index (κ2) is 4.29. The maximum atomic E-state index is 13.3. The Morgan fingerprint density at radius 2 is 2.33 bits per heavy atom. The molecule has 0 aliphatic heterocycles. The van der Waals surface area contributed by atoms with Gasteiger partial charge in [0, 0.05) is 5.38 Å². The summed E-state index contributed by atoms with van der Waals surface area (Å²) in [6, 6.07) is 4.61. The molecule has 1 N–H and O–H groups in total. The summed E-state index contributed by atoms with van der Waals surface area (Å²) in [5.41, 5.74) is 2.55. The van der Waals surface area contributed by atoms with Crippen LogP contribution in [0.4, 0.5) is 4.39 Å². The molecule has 0 aliphatic carbocycles. The average molecular weight is 279 g/mol. The molecule has 1 aromatic carbocycles. The lowest BCUT2D eigenvalue weighted by molar-refractivity contribution is 0.628. The zero-order valence-electron chi connectivity index (χ0n) is 9.61. The highest BCUT2D eigenvalue weighted by molar-refractivity contribution is 7.71. The Balaban J connectivity index is 2.13. The van der Waals surface area contributed by atoms with Crippen molar-refractivity contribution in [3.05, 3.63) is 44.9 Å². The lowest BCUT2D eigenvalue weighted by atomic mass is 10.3. The van der Waals surface area contributed by atoms with Crippen LogP contribution >= 0.6 is 23.6 Å². The zero-order valence-corrected chi connectivity index (χ0v) is 11.2. The van der Waals surface area contributed by atoms with Gasteiger partial charge < -0.3 is 9.55 Å². The molecule has 0 aliphatic rings. The number of rotatable bonds is 2. The molecule has 0 saturated heterocycles. The number of nitrogens with zero attached hydrogens (tertiary/aromatic N) is 2. The van der Waals surface area contributed by atoms with Crippen LogP contribution in [0.1, 0.15) is 10.7 Å². The van der Waals surface area contributed by atoms with Gasteiger partial charge >= 0.3 is 0 Å². The van der Waals surface area contributed by atoms with Crippen LogP contribution in [0.25, 0.3) is 11.0 Å². The summed E-state index contributed by atoms with van der Waals surface area (Å²) >= 11 is 6.86. The summed E-state index contributed by atoms with van der Waals surface area (Å²) in [6.45, 7) is 2.52. The molecule has 0 fully saturated rings. The largest absolute Gasteiger partial charge is 0.331 e. The summed E-state index contributed by atoms with van der Waals surface area (Å²) in [7, 11) is 0. The molecule has 0 radical (unpaired) electrons. The first-order chi connectivity index (χ1) is 8.63. The monoisotopic (exact) mass is 279 g/mol. The first-order valence-corrected chi connectivity index (χ1v) is 6.71. The maximum Gasteiger partial charge on any atom is 0.178 e. The van der Waals surface area contributed by atoms with Crippen LogP contribution in [-0.2, 0) is 6.54 Å². The number of hydrogen-bond acceptors (Lipinski definition) is 3. The van der Waals surface area contributed by atoms with E-state index in [9.17, 15) is 4.39 Å². The maximum absolute atomic E-state index is 13.3. The smallest absolute Gasteiger partial charge is 0.178 e. The van der Waals surface area contributed by atoms with Gasteiger partial charge in [-0.2, -0.15) is 0 Å². The second-order valence-corrected chi connectivity index (χ2v) is 5.48. The average Bonchev–Trinajstić information content (AvgIpc) is 2.86. The van der Waals surface area contributed by atoms with Crippen LogP contribution in [-0.4, -0.2) is 14.5 Å². The number of fused-ring (bicyclic) bond motifs is 1. The fourth-order valence-corrected chi connectivity index (χ4v) is 2.80. The zero-order chi connectivity index (χ0) is 12.7. The van der Waals surface area contributed by atoms with Gasteiger partial charge in [0.15, 0.2) is 4.77 Å². The predicted molar refractivity (Wildman–Crippen MR) is 73.0 cm³/mol. The third-order valence-corrected chi connectivity index (χ3v) is 3.87. The van der Waals surface area contributed by atoms with Crippen LogP contribution in [0, 0.1) is 17.5 Å². The van der Waals surface area contributed by atoms with E-state index in [1.165, 1.54) is 12.1 Å². The normalized spacial score (nSPS) is 11.2. The number of aromatic amines is 1. The van der Waals surface area contributed by atoms with E-state index in [4.69, 9.17) is 12.2 Å². The summed E-state index contributed by atoms with van der Waals surface area (Å²) in [5, 5.41) is 3.01. The van der Waals surface area contributed by atoms with Gasteiger partial charge in [-0.05, 0) is 37.3 Å². The third kappa shape index (κ3) is 1.97. The highest BCUT2D eigenvalue weighted by Crippen LogP contribution is 2.18. The third-order valence-electron chi connectivity index (χ3n) is 2.72. The molecule has 0 saturated carbocycles. The van der Waals surface area contributed by atoms with E-state index >= 15 is 0 Å². The molecule has 0 amide bonds. The molecule has 3 nitrogen and oxygen atoms in total. The summed E-state index contributed by atoms with van der Waals surface area (Å²) in [5.74, 6) is -0.264. The van der Waals surface area contributed by atoms with Crippen molar-refractivity contribution >= 4 is 34.6 Å². The second-order valence-electron chi connectivity index (χ2n) is 4.04. The highest BCUT2D eigenvalue weighted by Gasteiger charge is 2.07. The molecular weight excluding hydrogens is 269 g/mol. The number of halogens is 1. The predicted octanol–water partition coefficient (Wildman–Crippen LogP) is 3.65.